The Morgan fingerprint density at radius 2 is 2.26 bits per heavy atom. The van der Waals surface area contributed by atoms with Crippen LogP contribution in [-0.4, -0.2) is 19.1 Å². The molecule has 1 atom stereocenters. The Morgan fingerprint density at radius 1 is 1.58 bits per heavy atom. The van der Waals surface area contributed by atoms with Crippen LogP contribution in [-0.2, 0) is 4.79 Å². The molecule has 1 rings (SSSR count). The average Bonchev–Trinajstić information content (AvgIpc) is 2.33. The van der Waals surface area contributed by atoms with E-state index >= 15 is 0 Å². The zero-order valence-corrected chi connectivity index (χ0v) is 13.3. The van der Waals surface area contributed by atoms with Crippen LogP contribution in [0.4, 0.5) is 5.69 Å². The van der Waals surface area contributed by atoms with Crippen molar-refractivity contribution in [3.8, 4) is 5.75 Å². The Morgan fingerprint density at radius 3 is 2.84 bits per heavy atom. The van der Waals surface area contributed by atoms with Crippen molar-refractivity contribution in [3.05, 3.63) is 21.6 Å². The summed E-state index contributed by atoms with van der Waals surface area (Å²) in [5, 5.41) is 3.35. The van der Waals surface area contributed by atoms with Crippen molar-refractivity contribution < 1.29 is 9.53 Å². The summed E-state index contributed by atoms with van der Waals surface area (Å²) in [5.41, 5.74) is 6.02. The van der Waals surface area contributed by atoms with E-state index in [1.807, 2.05) is 13.8 Å². The van der Waals surface area contributed by atoms with Gasteiger partial charge in [0, 0.05) is 10.9 Å². The molecule has 1 aromatic carbocycles. The quantitative estimate of drug-likeness (QED) is 0.827. The van der Waals surface area contributed by atoms with E-state index in [0.29, 0.717) is 40.5 Å². The summed E-state index contributed by atoms with van der Waals surface area (Å²) in [4.78, 5) is 12.0. The minimum Gasteiger partial charge on any atom is -0.491 e. The fourth-order valence-electron chi connectivity index (χ4n) is 1.58. The topological polar surface area (TPSA) is 64.3 Å². The number of nitrogens with two attached hydrogens (primary N) is 1. The van der Waals surface area contributed by atoms with E-state index in [-0.39, 0.29) is 11.8 Å². The highest BCUT2D eigenvalue weighted by molar-refractivity contribution is 9.10. The number of hydrogen-bond acceptors (Lipinski definition) is 3. The van der Waals surface area contributed by atoms with Gasteiger partial charge in [0.2, 0.25) is 5.91 Å². The monoisotopic (exact) mass is 348 g/mol. The van der Waals surface area contributed by atoms with Crippen LogP contribution >= 0.6 is 27.5 Å². The Hall–Kier alpha value is -0.780. The highest BCUT2D eigenvalue weighted by atomic mass is 79.9. The lowest BCUT2D eigenvalue weighted by Gasteiger charge is -2.16. The smallest absolute Gasteiger partial charge is 0.227 e. The van der Waals surface area contributed by atoms with E-state index in [0.717, 1.165) is 0 Å². The minimum atomic E-state index is -0.155. The molecule has 1 aromatic rings. The van der Waals surface area contributed by atoms with Crippen LogP contribution in [0, 0.1) is 5.92 Å². The van der Waals surface area contributed by atoms with Crippen molar-refractivity contribution in [1.29, 1.82) is 0 Å². The van der Waals surface area contributed by atoms with Crippen molar-refractivity contribution in [2.24, 2.45) is 11.7 Å². The largest absolute Gasteiger partial charge is 0.491 e. The molecule has 106 valence electrons. The molecule has 6 heteroatoms. The average molecular weight is 350 g/mol. The van der Waals surface area contributed by atoms with Crippen LogP contribution in [0.15, 0.2) is 16.6 Å². The molecule has 0 aromatic heterocycles. The summed E-state index contributed by atoms with van der Waals surface area (Å²) >= 11 is 9.37. The number of halogens is 2. The third kappa shape index (κ3) is 4.67. The first-order valence-electron chi connectivity index (χ1n) is 6.12. The zero-order valence-electron chi connectivity index (χ0n) is 11.0. The van der Waals surface area contributed by atoms with Gasteiger partial charge in [-0.25, -0.2) is 0 Å². The number of amides is 1. The molecular formula is C13H18BrClN2O2. The standard InChI is InChI=1S/C13H18BrClN2O2/c1-3-19-12-10(14)6-9(15)7-11(12)17-13(18)8(2)4-5-16/h6-8H,3-5,16H2,1-2H3,(H,17,18). The van der Waals surface area contributed by atoms with Gasteiger partial charge >= 0.3 is 0 Å². The normalized spacial score (nSPS) is 12.1. The van der Waals surface area contributed by atoms with Gasteiger partial charge in [0.1, 0.15) is 0 Å². The molecule has 3 N–H and O–H groups in total. The van der Waals surface area contributed by atoms with Gasteiger partial charge in [-0.15, -0.1) is 0 Å². The number of nitrogens with one attached hydrogen (secondary N) is 1. The van der Waals surface area contributed by atoms with Gasteiger partial charge in [-0.1, -0.05) is 18.5 Å². The van der Waals surface area contributed by atoms with Gasteiger partial charge in [0.25, 0.3) is 0 Å². The zero-order chi connectivity index (χ0) is 14.4. The Labute approximate surface area is 126 Å². The van der Waals surface area contributed by atoms with Gasteiger partial charge < -0.3 is 15.8 Å². The van der Waals surface area contributed by atoms with E-state index < -0.39 is 0 Å². The van der Waals surface area contributed by atoms with E-state index in [9.17, 15) is 4.79 Å². The molecule has 0 heterocycles. The minimum absolute atomic E-state index is 0.0967. The molecule has 19 heavy (non-hydrogen) atoms. The van der Waals surface area contributed by atoms with Crippen molar-refractivity contribution in [2.75, 3.05) is 18.5 Å². The second kappa shape index (κ2) is 7.72. The molecule has 0 saturated heterocycles. The molecule has 0 spiro atoms. The summed E-state index contributed by atoms with van der Waals surface area (Å²) in [6, 6.07) is 3.40. The van der Waals surface area contributed by atoms with Crippen LogP contribution in [0.5, 0.6) is 5.75 Å². The van der Waals surface area contributed by atoms with Gasteiger partial charge in [0.05, 0.1) is 16.8 Å². The summed E-state index contributed by atoms with van der Waals surface area (Å²) in [6.45, 7) is 4.69. The van der Waals surface area contributed by atoms with Crippen LogP contribution in [0.2, 0.25) is 5.02 Å². The van der Waals surface area contributed by atoms with E-state index in [1.165, 1.54) is 0 Å². The summed E-state index contributed by atoms with van der Waals surface area (Å²) in [6.07, 6.45) is 0.636. The van der Waals surface area contributed by atoms with E-state index in [1.54, 1.807) is 12.1 Å². The Balaban J connectivity index is 2.95. The van der Waals surface area contributed by atoms with Crippen molar-refractivity contribution >= 4 is 39.1 Å². The summed E-state index contributed by atoms with van der Waals surface area (Å²) in [5.74, 6) is 0.331. The first kappa shape index (κ1) is 16.3. The summed E-state index contributed by atoms with van der Waals surface area (Å²) < 4.78 is 6.23. The van der Waals surface area contributed by atoms with Crippen LogP contribution < -0.4 is 15.8 Å². The van der Waals surface area contributed by atoms with Crippen molar-refractivity contribution in [3.63, 3.8) is 0 Å². The van der Waals surface area contributed by atoms with Gasteiger partial charge in [0.15, 0.2) is 5.75 Å². The predicted octanol–water partition coefficient (Wildman–Crippen LogP) is 3.42. The van der Waals surface area contributed by atoms with Crippen molar-refractivity contribution in [1.82, 2.24) is 0 Å². The molecule has 0 aliphatic carbocycles. The number of hydrogen-bond donors (Lipinski definition) is 2. The third-order valence-corrected chi connectivity index (χ3v) is 3.41. The number of carbonyl (C=O) groups is 1. The molecule has 1 amide bonds. The van der Waals surface area contributed by atoms with Gasteiger partial charge in [-0.3, -0.25) is 4.79 Å². The van der Waals surface area contributed by atoms with Crippen LogP contribution in [0.1, 0.15) is 20.3 Å². The highest BCUT2D eigenvalue weighted by Gasteiger charge is 2.16. The Kier molecular flexibility index (Phi) is 6.62. The highest BCUT2D eigenvalue weighted by Crippen LogP contribution is 2.36. The van der Waals surface area contributed by atoms with Crippen LogP contribution in [0.3, 0.4) is 0 Å². The fraction of sp³-hybridized carbons (Fsp3) is 0.462. The molecule has 0 radical (unpaired) electrons. The second-order valence-electron chi connectivity index (χ2n) is 4.16. The molecule has 0 bridgehead atoms. The SMILES string of the molecule is CCOc1c(Br)cc(Cl)cc1NC(=O)C(C)CCN. The van der Waals surface area contributed by atoms with E-state index in [2.05, 4.69) is 21.2 Å². The Bertz CT molecular complexity index is 455. The maximum Gasteiger partial charge on any atom is 0.227 e. The fourth-order valence-corrected chi connectivity index (χ4v) is 2.51. The molecule has 0 aliphatic heterocycles. The molecule has 0 fully saturated rings. The van der Waals surface area contributed by atoms with Gasteiger partial charge in [-0.05, 0) is 48.0 Å². The maximum absolute atomic E-state index is 12.0. The number of anilines is 1. The lowest BCUT2D eigenvalue weighted by molar-refractivity contribution is -0.119. The van der Waals surface area contributed by atoms with Crippen molar-refractivity contribution in [2.45, 2.75) is 20.3 Å². The van der Waals surface area contributed by atoms with Crippen LogP contribution in [0.25, 0.3) is 0 Å². The third-order valence-electron chi connectivity index (χ3n) is 2.60. The molecule has 1 unspecified atom stereocenters. The number of ether oxygens (including phenoxy) is 1. The number of benzene rings is 1. The molecule has 4 nitrogen and oxygen atoms in total. The van der Waals surface area contributed by atoms with E-state index in [4.69, 9.17) is 22.1 Å². The summed E-state index contributed by atoms with van der Waals surface area (Å²) in [7, 11) is 0. The van der Waals surface area contributed by atoms with Gasteiger partial charge in [-0.2, -0.15) is 0 Å². The molecule has 0 aliphatic rings. The number of rotatable bonds is 6. The number of carbonyl (C=O) groups excluding carboxylic acids is 1. The maximum atomic E-state index is 12.0. The second-order valence-corrected chi connectivity index (χ2v) is 5.46. The first-order valence-corrected chi connectivity index (χ1v) is 7.29. The predicted molar refractivity (Wildman–Crippen MR) is 81.8 cm³/mol. The first-order chi connectivity index (χ1) is 8.99. The molecule has 0 saturated carbocycles. The lowest BCUT2D eigenvalue weighted by atomic mass is 10.1. The lowest BCUT2D eigenvalue weighted by Crippen LogP contribution is -2.23. The molecular weight excluding hydrogens is 332 g/mol.